The molecule has 144 valence electrons. The second-order valence-corrected chi connectivity index (χ2v) is 6.79. The highest BCUT2D eigenvalue weighted by Crippen LogP contribution is 2.30. The topological polar surface area (TPSA) is 80.0 Å². The summed E-state index contributed by atoms with van der Waals surface area (Å²) in [5.41, 5.74) is 7.12. The molecule has 1 aliphatic rings. The molecule has 0 atom stereocenters. The monoisotopic (exact) mass is 382 g/mol. The van der Waals surface area contributed by atoms with Gasteiger partial charge in [-0.05, 0) is 43.2 Å². The van der Waals surface area contributed by atoms with Gasteiger partial charge in [-0.25, -0.2) is 8.78 Å². The molecule has 1 fully saturated rings. The minimum Gasteiger partial charge on any atom is -0.368 e. The fourth-order valence-corrected chi connectivity index (χ4v) is 3.01. The molecule has 2 aromatic carbocycles. The Kier molecular flexibility index (Phi) is 5.12. The van der Waals surface area contributed by atoms with Gasteiger partial charge in [0.2, 0.25) is 11.9 Å². The van der Waals surface area contributed by atoms with Crippen molar-refractivity contribution < 1.29 is 8.78 Å². The Morgan fingerprint density at radius 3 is 2.43 bits per heavy atom. The Hall–Kier alpha value is -3.13. The third-order valence-electron chi connectivity index (χ3n) is 4.54. The summed E-state index contributed by atoms with van der Waals surface area (Å²) >= 11 is 0. The molecule has 8 heteroatoms. The summed E-state index contributed by atoms with van der Waals surface area (Å²) in [4.78, 5) is 14.9. The zero-order valence-electron chi connectivity index (χ0n) is 15.1. The predicted molar refractivity (Wildman–Crippen MR) is 103 cm³/mol. The molecule has 1 aliphatic carbocycles. The highest BCUT2D eigenvalue weighted by atomic mass is 19.1. The van der Waals surface area contributed by atoms with E-state index >= 15 is 0 Å². The van der Waals surface area contributed by atoms with E-state index in [9.17, 15) is 8.78 Å². The standard InChI is InChI=1S/C20H20F2N6/c21-14-5-7-15(8-6-14)24-20-26-18(25-19(23)27-20)12-28(16-9-10-16)11-13-3-1-2-4-17(13)22/h1-8,16H,9-12H2,(H3,23,24,25,26,27). The van der Waals surface area contributed by atoms with Crippen molar-refractivity contribution in [3.8, 4) is 0 Å². The second-order valence-electron chi connectivity index (χ2n) is 6.79. The van der Waals surface area contributed by atoms with E-state index < -0.39 is 0 Å². The van der Waals surface area contributed by atoms with Crippen LogP contribution in [0.2, 0.25) is 0 Å². The van der Waals surface area contributed by atoms with Gasteiger partial charge in [-0.15, -0.1) is 0 Å². The van der Waals surface area contributed by atoms with Crippen molar-refractivity contribution >= 4 is 17.6 Å². The minimum atomic E-state index is -0.324. The lowest BCUT2D eigenvalue weighted by molar-refractivity contribution is 0.236. The van der Waals surface area contributed by atoms with Crippen LogP contribution >= 0.6 is 0 Å². The summed E-state index contributed by atoms with van der Waals surface area (Å²) in [6.07, 6.45) is 2.13. The summed E-state index contributed by atoms with van der Waals surface area (Å²) in [5, 5.41) is 3.00. The van der Waals surface area contributed by atoms with Gasteiger partial charge in [-0.1, -0.05) is 18.2 Å². The van der Waals surface area contributed by atoms with Gasteiger partial charge in [0, 0.05) is 23.8 Å². The summed E-state index contributed by atoms with van der Waals surface area (Å²) in [5.74, 6) is 0.337. The molecule has 3 aromatic rings. The van der Waals surface area contributed by atoms with Crippen molar-refractivity contribution in [2.24, 2.45) is 0 Å². The van der Waals surface area contributed by atoms with Gasteiger partial charge >= 0.3 is 0 Å². The maximum absolute atomic E-state index is 14.0. The molecule has 28 heavy (non-hydrogen) atoms. The number of halogens is 2. The third-order valence-corrected chi connectivity index (χ3v) is 4.54. The first-order valence-corrected chi connectivity index (χ1v) is 9.07. The van der Waals surface area contributed by atoms with Gasteiger partial charge in [0.05, 0.1) is 6.54 Å². The Labute approximate surface area is 161 Å². The van der Waals surface area contributed by atoms with E-state index in [1.54, 1.807) is 24.3 Å². The van der Waals surface area contributed by atoms with Crippen LogP contribution in [0.1, 0.15) is 24.2 Å². The summed E-state index contributed by atoms with van der Waals surface area (Å²) in [6, 6.07) is 13.0. The predicted octanol–water partition coefficient (Wildman–Crippen LogP) is 3.64. The normalized spacial score (nSPS) is 13.7. The second kappa shape index (κ2) is 7.85. The number of nitrogens with two attached hydrogens (primary N) is 1. The molecule has 0 bridgehead atoms. The van der Waals surface area contributed by atoms with E-state index in [1.807, 2.05) is 6.07 Å². The van der Waals surface area contributed by atoms with E-state index in [4.69, 9.17) is 5.73 Å². The molecule has 0 radical (unpaired) electrons. The molecule has 0 unspecified atom stereocenters. The lowest BCUT2D eigenvalue weighted by atomic mass is 10.2. The minimum absolute atomic E-state index is 0.0938. The van der Waals surface area contributed by atoms with Crippen LogP contribution in [0.3, 0.4) is 0 Å². The maximum Gasteiger partial charge on any atom is 0.232 e. The van der Waals surface area contributed by atoms with E-state index in [2.05, 4.69) is 25.2 Å². The molecule has 1 aromatic heterocycles. The number of nitrogens with zero attached hydrogens (tertiary/aromatic N) is 4. The number of hydrogen-bond acceptors (Lipinski definition) is 6. The van der Waals surface area contributed by atoms with Crippen LogP contribution in [-0.2, 0) is 13.1 Å². The van der Waals surface area contributed by atoms with Crippen LogP contribution in [0.5, 0.6) is 0 Å². The molecule has 6 nitrogen and oxygen atoms in total. The van der Waals surface area contributed by atoms with E-state index in [0.29, 0.717) is 36.2 Å². The Morgan fingerprint density at radius 1 is 0.964 bits per heavy atom. The van der Waals surface area contributed by atoms with Crippen molar-refractivity contribution in [3.63, 3.8) is 0 Å². The quantitative estimate of drug-likeness (QED) is 0.649. The first kappa shape index (κ1) is 18.2. The van der Waals surface area contributed by atoms with Gasteiger partial charge in [-0.2, -0.15) is 15.0 Å². The third kappa shape index (κ3) is 4.58. The van der Waals surface area contributed by atoms with Crippen molar-refractivity contribution in [1.29, 1.82) is 0 Å². The number of rotatable bonds is 7. The van der Waals surface area contributed by atoms with Gasteiger partial charge in [0.15, 0.2) is 0 Å². The zero-order chi connectivity index (χ0) is 19.5. The van der Waals surface area contributed by atoms with Crippen LogP contribution in [0, 0.1) is 11.6 Å². The molecular weight excluding hydrogens is 362 g/mol. The Bertz CT molecular complexity index is 959. The van der Waals surface area contributed by atoms with Crippen molar-refractivity contribution in [2.45, 2.75) is 32.0 Å². The molecule has 4 rings (SSSR count). The summed E-state index contributed by atoms with van der Waals surface area (Å²) in [6.45, 7) is 0.910. The fourth-order valence-electron chi connectivity index (χ4n) is 3.01. The Morgan fingerprint density at radius 2 is 1.71 bits per heavy atom. The molecule has 0 amide bonds. The molecule has 1 saturated carbocycles. The number of hydrogen-bond donors (Lipinski definition) is 2. The number of benzene rings is 2. The van der Waals surface area contributed by atoms with Gasteiger partial charge in [-0.3, -0.25) is 4.90 Å². The molecular formula is C20H20F2N6. The highest BCUT2D eigenvalue weighted by molar-refractivity contribution is 5.53. The number of nitrogen functional groups attached to an aromatic ring is 1. The average molecular weight is 382 g/mol. The average Bonchev–Trinajstić information content (AvgIpc) is 3.50. The maximum atomic E-state index is 14.0. The summed E-state index contributed by atoms with van der Waals surface area (Å²) < 4.78 is 27.1. The van der Waals surface area contributed by atoms with E-state index in [-0.39, 0.29) is 23.5 Å². The fraction of sp³-hybridized carbons (Fsp3) is 0.250. The largest absolute Gasteiger partial charge is 0.368 e. The first-order valence-electron chi connectivity index (χ1n) is 9.07. The number of nitrogens with one attached hydrogen (secondary N) is 1. The van der Waals surface area contributed by atoms with Crippen LogP contribution in [0.15, 0.2) is 48.5 Å². The molecule has 0 spiro atoms. The van der Waals surface area contributed by atoms with Crippen LogP contribution in [-0.4, -0.2) is 25.9 Å². The van der Waals surface area contributed by atoms with Gasteiger partial charge in [0.1, 0.15) is 17.5 Å². The van der Waals surface area contributed by atoms with E-state index in [1.165, 1.54) is 18.2 Å². The van der Waals surface area contributed by atoms with Crippen LogP contribution in [0.25, 0.3) is 0 Å². The van der Waals surface area contributed by atoms with Crippen molar-refractivity contribution in [3.05, 3.63) is 71.6 Å². The first-order chi connectivity index (χ1) is 13.6. The number of aromatic nitrogens is 3. The molecule has 0 saturated heterocycles. The van der Waals surface area contributed by atoms with Gasteiger partial charge < -0.3 is 11.1 Å². The van der Waals surface area contributed by atoms with Crippen molar-refractivity contribution in [1.82, 2.24) is 19.9 Å². The Balaban J connectivity index is 1.51. The molecule has 3 N–H and O–H groups in total. The SMILES string of the molecule is Nc1nc(CN(Cc2ccccc2F)C2CC2)nc(Nc2ccc(F)cc2)n1. The lowest BCUT2D eigenvalue weighted by Crippen LogP contribution is -2.27. The molecule has 1 heterocycles. The van der Waals surface area contributed by atoms with Gasteiger partial charge in [0.25, 0.3) is 0 Å². The van der Waals surface area contributed by atoms with E-state index in [0.717, 1.165) is 12.8 Å². The molecule has 0 aliphatic heterocycles. The smallest absolute Gasteiger partial charge is 0.232 e. The zero-order valence-corrected chi connectivity index (χ0v) is 15.1. The van der Waals surface area contributed by atoms with Crippen molar-refractivity contribution in [2.75, 3.05) is 11.1 Å². The highest BCUT2D eigenvalue weighted by Gasteiger charge is 2.30. The van der Waals surface area contributed by atoms with Crippen LogP contribution in [0.4, 0.5) is 26.4 Å². The summed E-state index contributed by atoms with van der Waals surface area (Å²) in [7, 11) is 0. The lowest BCUT2D eigenvalue weighted by Gasteiger charge is -2.21. The number of anilines is 3. The van der Waals surface area contributed by atoms with Crippen LogP contribution < -0.4 is 11.1 Å².